The number of nitrogens with two attached hydrogens (primary N) is 1. The van der Waals surface area contributed by atoms with E-state index < -0.39 is 0 Å². The molecule has 0 unspecified atom stereocenters. The lowest BCUT2D eigenvalue weighted by Crippen LogP contribution is -2.44. The molecule has 1 aliphatic rings. The number of hydrogen-bond donors (Lipinski definition) is 3. The Hall–Kier alpha value is -3.92. The van der Waals surface area contributed by atoms with Gasteiger partial charge in [-0.3, -0.25) is 19.1 Å². The Morgan fingerprint density at radius 3 is 2.31 bits per heavy atom. The van der Waals surface area contributed by atoms with Crippen LogP contribution in [0.5, 0.6) is 0 Å². The summed E-state index contributed by atoms with van der Waals surface area (Å²) in [6.07, 6.45) is 7.79. The molecule has 48 heavy (non-hydrogen) atoms. The number of unbranched alkanes of at least 4 members (excludes halogenated alkanes) is 1. The molecule has 4 rings (SSSR count). The van der Waals surface area contributed by atoms with Crippen molar-refractivity contribution in [1.29, 1.82) is 0 Å². The van der Waals surface area contributed by atoms with Gasteiger partial charge in [0, 0.05) is 38.7 Å². The molecule has 2 amide bonds. The third-order valence-corrected chi connectivity index (χ3v) is 8.04. The van der Waals surface area contributed by atoms with Crippen molar-refractivity contribution in [3.8, 4) is 0 Å². The minimum absolute atomic E-state index is 0.0545. The zero-order valence-corrected chi connectivity index (χ0v) is 28.2. The van der Waals surface area contributed by atoms with Crippen molar-refractivity contribution in [2.24, 2.45) is 0 Å². The van der Waals surface area contributed by atoms with Gasteiger partial charge >= 0.3 is 5.69 Å². The van der Waals surface area contributed by atoms with Crippen LogP contribution >= 0.6 is 0 Å². The van der Waals surface area contributed by atoms with Crippen LogP contribution in [0.2, 0.25) is 0 Å². The Morgan fingerprint density at radius 1 is 1.02 bits per heavy atom. The molecule has 0 atom stereocenters. The van der Waals surface area contributed by atoms with Crippen LogP contribution in [0.15, 0.2) is 23.1 Å². The van der Waals surface area contributed by atoms with Gasteiger partial charge in [-0.25, -0.2) is 14.8 Å². The van der Waals surface area contributed by atoms with Crippen LogP contribution in [0.3, 0.4) is 0 Å². The van der Waals surface area contributed by atoms with E-state index in [4.69, 9.17) is 24.7 Å². The molecule has 1 saturated carbocycles. The fourth-order valence-electron chi connectivity index (χ4n) is 5.18. The number of aromatic nitrogens is 5. The summed E-state index contributed by atoms with van der Waals surface area (Å²) in [5.74, 6) is 0.865. The summed E-state index contributed by atoms with van der Waals surface area (Å²) in [5.41, 5.74) is 8.33. The highest BCUT2D eigenvalue weighted by Gasteiger charge is 2.28. The van der Waals surface area contributed by atoms with E-state index in [2.05, 4.69) is 32.2 Å². The van der Waals surface area contributed by atoms with Gasteiger partial charge in [-0.1, -0.05) is 19.4 Å². The summed E-state index contributed by atoms with van der Waals surface area (Å²) in [7, 11) is 0. The van der Waals surface area contributed by atoms with Crippen molar-refractivity contribution < 1.29 is 28.5 Å². The second-order valence-electron chi connectivity index (χ2n) is 11.8. The first kappa shape index (κ1) is 36.9. The van der Waals surface area contributed by atoms with Crippen molar-refractivity contribution >= 4 is 28.8 Å². The largest absolute Gasteiger partial charge is 0.382 e. The number of imidazole rings is 1. The fourth-order valence-corrected chi connectivity index (χ4v) is 5.18. The summed E-state index contributed by atoms with van der Waals surface area (Å²) < 4.78 is 23.5. The van der Waals surface area contributed by atoms with E-state index in [1.165, 1.54) is 11.5 Å². The highest BCUT2D eigenvalue weighted by atomic mass is 16.6. The first-order valence-electron chi connectivity index (χ1n) is 16.9. The molecular weight excluding hydrogens is 620 g/mol. The average molecular weight is 671 g/mol. The Morgan fingerprint density at radius 2 is 1.71 bits per heavy atom. The third-order valence-electron chi connectivity index (χ3n) is 8.04. The van der Waals surface area contributed by atoms with Crippen LogP contribution in [-0.2, 0) is 48.0 Å². The maximum absolute atomic E-state index is 13.2. The molecule has 0 aliphatic heterocycles. The number of ether oxygens (including phenoxy) is 4. The molecule has 1 fully saturated rings. The van der Waals surface area contributed by atoms with Crippen LogP contribution in [-0.4, -0.2) is 107 Å². The molecule has 4 N–H and O–H groups in total. The standard InChI is InChI=1S/C33H50N8O7/c1-3-4-8-28-37-31(34)30-32(38-28)41(33(44)39-30)23-26-10-9-25(21-36-26)22-40(27-6-5-7-27)29(43)11-13-45-15-17-47-19-20-48-18-16-46-14-12-35-24(2)42/h9-10,21,27H,3-8,11-20,22-23H2,1-2H3,(H,35,42)(H,39,44)(H2,34,37,38). The second kappa shape index (κ2) is 19.8. The minimum atomic E-state index is -0.316. The Labute approximate surface area is 280 Å². The van der Waals surface area contributed by atoms with E-state index in [0.29, 0.717) is 101 Å². The number of amides is 2. The van der Waals surface area contributed by atoms with Gasteiger partial charge in [0.15, 0.2) is 11.5 Å². The normalized spacial score (nSPS) is 13.1. The van der Waals surface area contributed by atoms with Crippen LogP contribution in [0.4, 0.5) is 5.82 Å². The number of pyridine rings is 1. The van der Waals surface area contributed by atoms with E-state index in [0.717, 1.165) is 37.7 Å². The molecule has 0 radical (unpaired) electrons. The Kier molecular flexibility index (Phi) is 15.2. The predicted octanol–water partition coefficient (Wildman–Crippen LogP) is 1.96. The Bertz CT molecular complexity index is 1490. The molecule has 0 bridgehead atoms. The molecule has 0 spiro atoms. The van der Waals surface area contributed by atoms with Crippen molar-refractivity contribution in [1.82, 2.24) is 34.7 Å². The van der Waals surface area contributed by atoms with E-state index in [-0.39, 0.29) is 35.9 Å². The summed E-state index contributed by atoms with van der Waals surface area (Å²) in [6, 6.07) is 4.06. The molecule has 3 aromatic rings. The van der Waals surface area contributed by atoms with Gasteiger partial charge < -0.3 is 39.9 Å². The Balaban J connectivity index is 1.16. The lowest BCUT2D eigenvalue weighted by atomic mass is 9.91. The number of carbonyl (C=O) groups is 2. The number of hydrogen-bond acceptors (Lipinski definition) is 11. The average Bonchev–Trinajstić information content (AvgIpc) is 3.36. The van der Waals surface area contributed by atoms with Gasteiger partial charge in [0.1, 0.15) is 11.3 Å². The lowest BCUT2D eigenvalue weighted by Gasteiger charge is -2.37. The predicted molar refractivity (Wildman–Crippen MR) is 179 cm³/mol. The number of carbonyl (C=O) groups excluding carboxylic acids is 2. The van der Waals surface area contributed by atoms with Gasteiger partial charge in [-0.05, 0) is 37.3 Å². The van der Waals surface area contributed by atoms with Crippen molar-refractivity contribution in [3.05, 3.63) is 45.9 Å². The number of aromatic amines is 1. The monoisotopic (exact) mass is 670 g/mol. The number of nitrogen functional groups attached to an aromatic ring is 1. The number of fused-ring (bicyclic) bond motifs is 1. The van der Waals surface area contributed by atoms with Crippen molar-refractivity contribution in [3.63, 3.8) is 0 Å². The third kappa shape index (κ3) is 11.6. The topological polar surface area (TPSA) is 189 Å². The SMILES string of the molecule is CCCCc1nc(N)c2[nH]c(=O)n(Cc3ccc(CN(C(=O)CCOCCOCCOCCOCCNC(C)=O)C4CCC4)cn3)c2n1. The number of aryl methyl sites for hydroxylation is 1. The van der Waals surface area contributed by atoms with Crippen LogP contribution in [0.1, 0.15) is 69.5 Å². The number of anilines is 1. The number of rotatable bonds is 23. The molecule has 0 saturated heterocycles. The summed E-state index contributed by atoms with van der Waals surface area (Å²) in [5, 5.41) is 2.66. The zero-order valence-electron chi connectivity index (χ0n) is 28.2. The highest BCUT2D eigenvalue weighted by Crippen LogP contribution is 2.27. The molecule has 1 aliphatic carbocycles. The number of H-pyrrole nitrogens is 1. The lowest BCUT2D eigenvalue weighted by molar-refractivity contribution is -0.137. The quantitative estimate of drug-likeness (QED) is 0.125. The summed E-state index contributed by atoms with van der Waals surface area (Å²) >= 11 is 0. The smallest absolute Gasteiger partial charge is 0.328 e. The zero-order chi connectivity index (χ0) is 34.1. The van der Waals surface area contributed by atoms with E-state index >= 15 is 0 Å². The van der Waals surface area contributed by atoms with E-state index in [1.807, 2.05) is 17.0 Å². The van der Waals surface area contributed by atoms with E-state index in [9.17, 15) is 14.4 Å². The first-order valence-corrected chi connectivity index (χ1v) is 16.9. The fraction of sp³-hybridized carbons (Fsp3) is 0.636. The van der Waals surface area contributed by atoms with Crippen molar-refractivity contribution in [2.75, 3.05) is 65.1 Å². The van der Waals surface area contributed by atoms with E-state index in [1.54, 1.807) is 6.20 Å². The van der Waals surface area contributed by atoms with Crippen LogP contribution in [0.25, 0.3) is 11.2 Å². The molecule has 15 heteroatoms. The maximum atomic E-state index is 13.2. The van der Waals surface area contributed by atoms with Gasteiger partial charge in [0.2, 0.25) is 11.8 Å². The van der Waals surface area contributed by atoms with Crippen molar-refractivity contribution in [2.45, 2.75) is 77.9 Å². The highest BCUT2D eigenvalue weighted by molar-refractivity contribution is 5.81. The maximum Gasteiger partial charge on any atom is 0.328 e. The van der Waals surface area contributed by atoms with Gasteiger partial charge in [-0.15, -0.1) is 0 Å². The summed E-state index contributed by atoms with van der Waals surface area (Å²) in [6.45, 7) is 8.15. The molecule has 3 aromatic heterocycles. The summed E-state index contributed by atoms with van der Waals surface area (Å²) in [4.78, 5) is 55.0. The molecule has 3 heterocycles. The number of nitrogens with zero attached hydrogens (tertiary/aromatic N) is 5. The van der Waals surface area contributed by atoms with Gasteiger partial charge in [0.25, 0.3) is 0 Å². The number of nitrogens with one attached hydrogen (secondary N) is 2. The molecule has 0 aromatic carbocycles. The minimum Gasteiger partial charge on any atom is -0.382 e. The van der Waals surface area contributed by atoms with Gasteiger partial charge in [0.05, 0.1) is 71.5 Å². The van der Waals surface area contributed by atoms with Gasteiger partial charge in [-0.2, -0.15) is 0 Å². The first-order chi connectivity index (χ1) is 23.4. The molecular formula is C33H50N8O7. The second-order valence-corrected chi connectivity index (χ2v) is 11.8. The van der Waals surface area contributed by atoms with Crippen LogP contribution < -0.4 is 16.7 Å². The molecule has 264 valence electrons. The molecule has 15 nitrogen and oxygen atoms in total. The van der Waals surface area contributed by atoms with Crippen LogP contribution in [0, 0.1) is 0 Å².